The number of fused-ring (bicyclic) bond motifs is 1. The van der Waals surface area contributed by atoms with E-state index in [4.69, 9.17) is 0 Å². The Balaban J connectivity index is 1.42. The van der Waals surface area contributed by atoms with Gasteiger partial charge in [0.15, 0.2) is 0 Å². The highest BCUT2D eigenvalue weighted by atomic mass is 16.1. The van der Waals surface area contributed by atoms with Crippen LogP contribution in [0.25, 0.3) is 0 Å². The van der Waals surface area contributed by atoms with Crippen LogP contribution in [0.3, 0.4) is 0 Å². The molecule has 0 bridgehead atoms. The van der Waals surface area contributed by atoms with E-state index in [1.165, 1.54) is 5.56 Å². The molecule has 2 N–H and O–H groups in total. The Bertz CT molecular complexity index is 764. The van der Waals surface area contributed by atoms with Gasteiger partial charge in [0.1, 0.15) is 0 Å². The monoisotopic (exact) mass is 336 g/mol. The van der Waals surface area contributed by atoms with Crippen LogP contribution in [0.1, 0.15) is 21.5 Å². The Morgan fingerprint density at radius 2 is 2.00 bits per heavy atom. The summed E-state index contributed by atoms with van der Waals surface area (Å²) in [5.41, 5.74) is 4.01. The molecule has 2 atom stereocenters. The lowest BCUT2D eigenvalue weighted by Crippen LogP contribution is -2.27. The van der Waals surface area contributed by atoms with Gasteiger partial charge < -0.3 is 15.5 Å². The second-order valence-corrected chi connectivity index (χ2v) is 7.12. The van der Waals surface area contributed by atoms with Crippen LogP contribution in [0.15, 0.2) is 42.7 Å². The van der Waals surface area contributed by atoms with Crippen LogP contribution in [0.4, 0.5) is 5.69 Å². The van der Waals surface area contributed by atoms with Crippen LogP contribution < -0.4 is 15.5 Å². The number of amides is 1. The fraction of sp³-hybridized carbons (Fsp3) is 0.400. The van der Waals surface area contributed by atoms with Crippen molar-refractivity contribution in [2.24, 2.45) is 11.8 Å². The lowest BCUT2D eigenvalue weighted by molar-refractivity contribution is 0.0950. The summed E-state index contributed by atoms with van der Waals surface area (Å²) in [6.45, 7) is 6.90. The zero-order valence-electron chi connectivity index (χ0n) is 14.5. The molecule has 0 radical (unpaired) electrons. The molecule has 2 fully saturated rings. The number of nitrogens with one attached hydrogen (secondary N) is 2. The van der Waals surface area contributed by atoms with Crippen LogP contribution in [-0.2, 0) is 6.54 Å². The van der Waals surface area contributed by atoms with E-state index in [0.717, 1.165) is 49.3 Å². The van der Waals surface area contributed by atoms with Crippen molar-refractivity contribution in [2.45, 2.75) is 13.5 Å². The van der Waals surface area contributed by atoms with Gasteiger partial charge in [-0.3, -0.25) is 9.78 Å². The van der Waals surface area contributed by atoms with Crippen molar-refractivity contribution in [3.63, 3.8) is 0 Å². The predicted octanol–water partition coefficient (Wildman–Crippen LogP) is 1.98. The summed E-state index contributed by atoms with van der Waals surface area (Å²) in [5, 5.41) is 6.46. The number of carbonyl (C=O) groups excluding carboxylic acids is 1. The van der Waals surface area contributed by atoms with Crippen LogP contribution in [-0.4, -0.2) is 37.1 Å². The molecule has 4 rings (SSSR count). The Morgan fingerprint density at radius 1 is 1.24 bits per heavy atom. The summed E-state index contributed by atoms with van der Waals surface area (Å²) < 4.78 is 0. The molecule has 1 amide bonds. The van der Waals surface area contributed by atoms with E-state index < -0.39 is 0 Å². The van der Waals surface area contributed by atoms with Gasteiger partial charge in [0.2, 0.25) is 0 Å². The van der Waals surface area contributed by atoms with Gasteiger partial charge in [-0.25, -0.2) is 0 Å². The highest BCUT2D eigenvalue weighted by Gasteiger charge is 2.36. The number of hydrogen-bond donors (Lipinski definition) is 2. The van der Waals surface area contributed by atoms with Crippen molar-refractivity contribution in [1.29, 1.82) is 0 Å². The average Bonchev–Trinajstić information content (AvgIpc) is 3.23. The number of benzene rings is 1. The second kappa shape index (κ2) is 6.84. The molecule has 2 aromatic rings. The number of nitrogens with zero attached hydrogens (tertiary/aromatic N) is 2. The Morgan fingerprint density at radius 3 is 2.76 bits per heavy atom. The maximum absolute atomic E-state index is 12.5. The van der Waals surface area contributed by atoms with E-state index in [9.17, 15) is 4.79 Å². The van der Waals surface area contributed by atoms with E-state index in [2.05, 4.69) is 33.5 Å². The van der Waals surface area contributed by atoms with E-state index in [1.54, 1.807) is 6.20 Å². The van der Waals surface area contributed by atoms with Gasteiger partial charge >= 0.3 is 0 Å². The molecular formula is C20H24N4O. The van der Waals surface area contributed by atoms with Gasteiger partial charge in [-0.2, -0.15) is 0 Å². The first kappa shape index (κ1) is 16.1. The largest absolute Gasteiger partial charge is 0.370 e. The van der Waals surface area contributed by atoms with Crippen molar-refractivity contribution in [3.8, 4) is 0 Å². The molecular weight excluding hydrogens is 312 g/mol. The lowest BCUT2D eigenvalue weighted by atomic mass is 10.0. The quantitative estimate of drug-likeness (QED) is 0.896. The lowest BCUT2D eigenvalue weighted by Gasteiger charge is -2.20. The molecule has 0 saturated carbocycles. The van der Waals surface area contributed by atoms with E-state index in [-0.39, 0.29) is 5.91 Å². The molecule has 2 saturated heterocycles. The highest BCUT2D eigenvalue weighted by molar-refractivity contribution is 5.94. The van der Waals surface area contributed by atoms with Crippen molar-refractivity contribution in [3.05, 3.63) is 59.4 Å². The summed E-state index contributed by atoms with van der Waals surface area (Å²) in [7, 11) is 0. The van der Waals surface area contributed by atoms with Crippen LogP contribution in [0.5, 0.6) is 0 Å². The Labute approximate surface area is 148 Å². The van der Waals surface area contributed by atoms with E-state index in [0.29, 0.717) is 12.1 Å². The van der Waals surface area contributed by atoms with Gasteiger partial charge in [0.05, 0.1) is 17.4 Å². The van der Waals surface area contributed by atoms with Crippen molar-refractivity contribution in [1.82, 2.24) is 15.6 Å². The zero-order chi connectivity index (χ0) is 17.2. The molecule has 3 heterocycles. The molecule has 2 aliphatic rings. The van der Waals surface area contributed by atoms with E-state index in [1.807, 2.05) is 30.5 Å². The summed E-state index contributed by atoms with van der Waals surface area (Å²) >= 11 is 0. The standard InChI is InChI=1S/C20H24N4O/c1-14-4-2-3-5-15(14)10-23-20(25)16-6-19(11-22-7-16)24-12-17-8-21-9-18(17)13-24/h2-7,11,17-18,21H,8-10,12-13H2,1H3,(H,23,25)/t17-,18+. The molecule has 130 valence electrons. The molecule has 1 aromatic carbocycles. The van der Waals surface area contributed by atoms with Crippen molar-refractivity contribution < 1.29 is 4.79 Å². The number of aromatic nitrogens is 1. The molecule has 5 nitrogen and oxygen atoms in total. The van der Waals surface area contributed by atoms with Crippen LogP contribution in [0.2, 0.25) is 0 Å². The number of pyridine rings is 1. The maximum Gasteiger partial charge on any atom is 0.253 e. The Hall–Kier alpha value is -2.40. The molecule has 0 aliphatic carbocycles. The minimum absolute atomic E-state index is 0.0707. The number of aryl methyl sites for hydroxylation is 1. The fourth-order valence-corrected chi connectivity index (χ4v) is 3.88. The number of rotatable bonds is 4. The summed E-state index contributed by atoms with van der Waals surface area (Å²) in [5.74, 6) is 1.37. The van der Waals surface area contributed by atoms with E-state index >= 15 is 0 Å². The minimum atomic E-state index is -0.0707. The molecule has 0 unspecified atom stereocenters. The molecule has 25 heavy (non-hydrogen) atoms. The summed E-state index contributed by atoms with van der Waals surface area (Å²) in [6.07, 6.45) is 3.52. The third kappa shape index (κ3) is 3.37. The first-order chi connectivity index (χ1) is 12.2. The summed E-state index contributed by atoms with van der Waals surface area (Å²) in [6, 6.07) is 10.1. The van der Waals surface area contributed by atoms with Gasteiger partial charge in [-0.15, -0.1) is 0 Å². The zero-order valence-corrected chi connectivity index (χ0v) is 14.5. The second-order valence-electron chi connectivity index (χ2n) is 7.12. The number of hydrogen-bond acceptors (Lipinski definition) is 4. The van der Waals surface area contributed by atoms with Gasteiger partial charge in [0, 0.05) is 38.9 Å². The molecule has 1 aromatic heterocycles. The van der Waals surface area contributed by atoms with Gasteiger partial charge in [-0.05, 0) is 36.0 Å². The molecule has 0 spiro atoms. The highest BCUT2D eigenvalue weighted by Crippen LogP contribution is 2.30. The minimum Gasteiger partial charge on any atom is -0.370 e. The topological polar surface area (TPSA) is 57.3 Å². The first-order valence-corrected chi connectivity index (χ1v) is 8.94. The predicted molar refractivity (Wildman–Crippen MR) is 98.6 cm³/mol. The maximum atomic E-state index is 12.5. The van der Waals surface area contributed by atoms with Crippen molar-refractivity contribution >= 4 is 11.6 Å². The van der Waals surface area contributed by atoms with Crippen LogP contribution >= 0.6 is 0 Å². The van der Waals surface area contributed by atoms with Gasteiger partial charge in [-0.1, -0.05) is 24.3 Å². The smallest absolute Gasteiger partial charge is 0.253 e. The third-order valence-electron chi connectivity index (χ3n) is 5.44. The third-order valence-corrected chi connectivity index (χ3v) is 5.44. The fourth-order valence-electron chi connectivity index (χ4n) is 3.88. The normalized spacial score (nSPS) is 22.0. The Kier molecular flexibility index (Phi) is 4.40. The first-order valence-electron chi connectivity index (χ1n) is 8.94. The number of carbonyl (C=O) groups is 1. The van der Waals surface area contributed by atoms with Crippen molar-refractivity contribution in [2.75, 3.05) is 31.1 Å². The van der Waals surface area contributed by atoms with Gasteiger partial charge in [0.25, 0.3) is 5.91 Å². The summed E-state index contributed by atoms with van der Waals surface area (Å²) in [4.78, 5) is 19.2. The average molecular weight is 336 g/mol. The van der Waals surface area contributed by atoms with Crippen LogP contribution in [0, 0.1) is 18.8 Å². The molecule has 5 heteroatoms. The number of anilines is 1. The SMILES string of the molecule is Cc1ccccc1CNC(=O)c1cncc(N2C[C@H]3CNC[C@H]3C2)c1. The molecule has 2 aliphatic heterocycles.